The van der Waals surface area contributed by atoms with Crippen molar-refractivity contribution in [2.75, 3.05) is 19.6 Å². The van der Waals surface area contributed by atoms with Crippen LogP contribution in [0.25, 0.3) is 5.57 Å². The van der Waals surface area contributed by atoms with E-state index in [1.165, 1.54) is 11.1 Å². The van der Waals surface area contributed by atoms with E-state index >= 15 is 0 Å². The van der Waals surface area contributed by atoms with Crippen molar-refractivity contribution in [3.05, 3.63) is 42.0 Å². The highest BCUT2D eigenvalue weighted by Crippen LogP contribution is 2.21. The monoisotopic (exact) mass is 243 g/mol. The molecule has 1 aliphatic heterocycles. The molecule has 3 N–H and O–H groups in total. The molecular weight excluding hydrogens is 222 g/mol. The van der Waals surface area contributed by atoms with Crippen molar-refractivity contribution in [1.82, 2.24) is 4.90 Å². The van der Waals surface area contributed by atoms with E-state index in [0.717, 1.165) is 32.5 Å². The minimum absolute atomic E-state index is 0.299. The zero-order valence-electron chi connectivity index (χ0n) is 10.7. The predicted octanol–water partition coefficient (Wildman–Crippen LogP) is 2.49. The lowest BCUT2D eigenvalue weighted by Gasteiger charge is -2.26. The van der Waals surface area contributed by atoms with Gasteiger partial charge in [-0.05, 0) is 30.5 Å². The molecule has 1 aromatic rings. The molecule has 1 aromatic carbocycles. The van der Waals surface area contributed by atoms with E-state index in [2.05, 4.69) is 41.3 Å². The molecule has 0 atom stereocenters. The number of benzene rings is 1. The summed E-state index contributed by atoms with van der Waals surface area (Å²) >= 11 is 0. The molecule has 0 aromatic heterocycles. The summed E-state index contributed by atoms with van der Waals surface area (Å²) in [7, 11) is 0. The van der Waals surface area contributed by atoms with E-state index in [4.69, 9.17) is 11.1 Å². The average molecular weight is 243 g/mol. The van der Waals surface area contributed by atoms with Gasteiger partial charge in [-0.3, -0.25) is 10.3 Å². The van der Waals surface area contributed by atoms with Gasteiger partial charge in [0.15, 0.2) is 0 Å². The number of nitrogens with two attached hydrogens (primary N) is 1. The first-order valence-electron chi connectivity index (χ1n) is 6.55. The van der Waals surface area contributed by atoms with E-state index in [1.54, 1.807) is 0 Å². The second kappa shape index (κ2) is 6.36. The topological polar surface area (TPSA) is 53.1 Å². The summed E-state index contributed by atoms with van der Waals surface area (Å²) in [6.07, 6.45) is 5.15. The summed E-state index contributed by atoms with van der Waals surface area (Å²) in [5, 5.41) is 7.20. The van der Waals surface area contributed by atoms with Crippen molar-refractivity contribution in [2.45, 2.75) is 19.3 Å². The summed E-state index contributed by atoms with van der Waals surface area (Å²) in [5.41, 5.74) is 8.16. The summed E-state index contributed by atoms with van der Waals surface area (Å²) in [6, 6.07) is 10.6. The van der Waals surface area contributed by atoms with Crippen LogP contribution < -0.4 is 5.73 Å². The van der Waals surface area contributed by atoms with Crippen LogP contribution in [0.4, 0.5) is 0 Å². The van der Waals surface area contributed by atoms with Crippen molar-refractivity contribution >= 4 is 11.4 Å². The Labute approximate surface area is 109 Å². The maximum atomic E-state index is 7.20. The molecule has 0 spiro atoms. The lowest BCUT2D eigenvalue weighted by molar-refractivity contribution is 0.300. The molecule has 0 fully saturated rings. The third kappa shape index (κ3) is 3.70. The van der Waals surface area contributed by atoms with E-state index in [1.807, 2.05) is 0 Å². The number of hydrogen-bond acceptors (Lipinski definition) is 2. The molecule has 0 radical (unpaired) electrons. The van der Waals surface area contributed by atoms with Gasteiger partial charge in [-0.2, -0.15) is 0 Å². The van der Waals surface area contributed by atoms with Gasteiger partial charge in [0.25, 0.3) is 0 Å². The third-order valence-electron chi connectivity index (χ3n) is 3.36. The van der Waals surface area contributed by atoms with Gasteiger partial charge in [-0.25, -0.2) is 0 Å². The van der Waals surface area contributed by atoms with Crippen LogP contribution in [0.5, 0.6) is 0 Å². The maximum absolute atomic E-state index is 7.20. The summed E-state index contributed by atoms with van der Waals surface area (Å²) in [6.45, 7) is 3.17. The Morgan fingerprint density at radius 2 is 2.06 bits per heavy atom. The third-order valence-corrected chi connectivity index (χ3v) is 3.36. The molecule has 3 nitrogen and oxygen atoms in total. The van der Waals surface area contributed by atoms with E-state index < -0.39 is 0 Å². The highest BCUT2D eigenvalue weighted by Gasteiger charge is 2.12. The maximum Gasteiger partial charge on any atom is 0.0905 e. The van der Waals surface area contributed by atoms with Crippen LogP contribution >= 0.6 is 0 Å². The molecule has 0 bridgehead atoms. The van der Waals surface area contributed by atoms with Crippen LogP contribution in [0, 0.1) is 5.41 Å². The van der Waals surface area contributed by atoms with Gasteiger partial charge in [-0.15, -0.1) is 0 Å². The van der Waals surface area contributed by atoms with Crippen molar-refractivity contribution < 1.29 is 0 Å². The molecule has 3 heteroatoms. The number of nitrogens with zero attached hydrogens (tertiary/aromatic N) is 1. The Hall–Kier alpha value is -1.61. The Kier molecular flexibility index (Phi) is 4.53. The van der Waals surface area contributed by atoms with Crippen LogP contribution in [-0.2, 0) is 0 Å². The zero-order chi connectivity index (χ0) is 12.8. The Morgan fingerprint density at radius 1 is 1.28 bits per heavy atom. The van der Waals surface area contributed by atoms with Gasteiger partial charge in [0.05, 0.1) is 5.84 Å². The van der Waals surface area contributed by atoms with Crippen LogP contribution in [0.15, 0.2) is 36.4 Å². The van der Waals surface area contributed by atoms with Gasteiger partial charge < -0.3 is 5.73 Å². The van der Waals surface area contributed by atoms with Crippen molar-refractivity contribution in [3.63, 3.8) is 0 Å². The minimum Gasteiger partial charge on any atom is -0.388 e. The molecule has 18 heavy (non-hydrogen) atoms. The lowest BCUT2D eigenvalue weighted by atomic mass is 9.99. The molecule has 96 valence electrons. The minimum atomic E-state index is 0.299. The van der Waals surface area contributed by atoms with Crippen molar-refractivity contribution in [1.29, 1.82) is 5.41 Å². The van der Waals surface area contributed by atoms with Gasteiger partial charge in [0.1, 0.15) is 0 Å². The second-order valence-corrected chi connectivity index (χ2v) is 4.77. The summed E-state index contributed by atoms with van der Waals surface area (Å²) in [4.78, 5) is 2.43. The van der Waals surface area contributed by atoms with Crippen LogP contribution in [0.1, 0.15) is 24.8 Å². The lowest BCUT2D eigenvalue weighted by Crippen LogP contribution is -2.30. The first-order chi connectivity index (χ1) is 8.75. The highest BCUT2D eigenvalue weighted by molar-refractivity contribution is 5.76. The number of amidine groups is 1. The Bertz CT molecular complexity index is 423. The van der Waals surface area contributed by atoms with Crippen LogP contribution in [0.2, 0.25) is 0 Å². The standard InChI is InChI=1S/C15H21N3/c16-15(17)7-4-10-18-11-8-14(9-12-18)13-5-2-1-3-6-13/h1-3,5-6,8H,4,7,9-12H2,(H3,16,17). The second-order valence-electron chi connectivity index (χ2n) is 4.77. The molecule has 0 unspecified atom stereocenters. The van der Waals surface area contributed by atoms with Gasteiger partial charge in [-0.1, -0.05) is 36.4 Å². The van der Waals surface area contributed by atoms with Crippen molar-refractivity contribution in [3.8, 4) is 0 Å². The number of nitrogens with one attached hydrogen (secondary N) is 1. The average Bonchev–Trinajstić information content (AvgIpc) is 2.40. The number of rotatable bonds is 5. The summed E-state index contributed by atoms with van der Waals surface area (Å²) in [5.74, 6) is 0.299. The first-order valence-corrected chi connectivity index (χ1v) is 6.55. The number of hydrogen-bond donors (Lipinski definition) is 2. The summed E-state index contributed by atoms with van der Waals surface area (Å²) < 4.78 is 0. The first kappa shape index (κ1) is 12.8. The van der Waals surface area contributed by atoms with E-state index in [0.29, 0.717) is 12.3 Å². The normalized spacial score (nSPS) is 16.3. The Balaban J connectivity index is 1.83. The van der Waals surface area contributed by atoms with Gasteiger partial charge >= 0.3 is 0 Å². The molecule has 2 rings (SSSR count). The SMILES string of the molecule is N=C(N)CCCN1CC=C(c2ccccc2)CC1. The quantitative estimate of drug-likeness (QED) is 0.616. The van der Waals surface area contributed by atoms with Gasteiger partial charge in [0.2, 0.25) is 0 Å². The molecule has 1 aliphatic rings. The largest absolute Gasteiger partial charge is 0.388 e. The smallest absolute Gasteiger partial charge is 0.0905 e. The van der Waals surface area contributed by atoms with Crippen LogP contribution in [0.3, 0.4) is 0 Å². The highest BCUT2D eigenvalue weighted by atomic mass is 15.1. The fourth-order valence-corrected chi connectivity index (χ4v) is 2.32. The fourth-order valence-electron chi connectivity index (χ4n) is 2.32. The van der Waals surface area contributed by atoms with E-state index in [-0.39, 0.29) is 0 Å². The van der Waals surface area contributed by atoms with Gasteiger partial charge in [0, 0.05) is 19.5 Å². The molecule has 0 saturated heterocycles. The van der Waals surface area contributed by atoms with Crippen molar-refractivity contribution in [2.24, 2.45) is 5.73 Å². The predicted molar refractivity (Wildman–Crippen MR) is 76.6 cm³/mol. The van der Waals surface area contributed by atoms with E-state index in [9.17, 15) is 0 Å². The molecule has 0 saturated carbocycles. The zero-order valence-corrected chi connectivity index (χ0v) is 10.7. The molecule has 1 heterocycles. The molecule has 0 aliphatic carbocycles. The Morgan fingerprint density at radius 3 is 2.67 bits per heavy atom. The van der Waals surface area contributed by atoms with Crippen LogP contribution in [-0.4, -0.2) is 30.4 Å². The molecular formula is C15H21N3. The fraction of sp³-hybridized carbons (Fsp3) is 0.400. The molecule has 0 amide bonds.